The van der Waals surface area contributed by atoms with Gasteiger partial charge in [-0.25, -0.2) is 0 Å². The van der Waals surface area contributed by atoms with Crippen LogP contribution in [0.15, 0.2) is 18.2 Å². The summed E-state index contributed by atoms with van der Waals surface area (Å²) in [5.74, 6) is -0.960. The minimum atomic E-state index is -0.821. The molecule has 0 saturated heterocycles. The number of carboxylic acid groups (broad SMARTS) is 1. The average Bonchev–Trinajstić information content (AvgIpc) is 2.36. The van der Waals surface area contributed by atoms with Crippen molar-refractivity contribution in [1.29, 1.82) is 0 Å². The lowest BCUT2D eigenvalue weighted by Gasteiger charge is -2.15. The standard InChI is InChI=1S/C14H19ClN2O4/c1-9(2)5-11(14(18)19)8-16-7-10-3-4-13(17(20)21)12(15)6-10/h3-4,6,9,11,16H,5,7-8H2,1-2H3,(H,18,19). The van der Waals surface area contributed by atoms with Crippen molar-refractivity contribution in [2.24, 2.45) is 11.8 Å². The third-order valence-electron chi connectivity index (χ3n) is 3.03. The molecular weight excluding hydrogens is 296 g/mol. The number of carbonyl (C=O) groups is 1. The molecule has 2 N–H and O–H groups in total. The molecule has 116 valence electrons. The molecule has 0 spiro atoms. The van der Waals surface area contributed by atoms with Gasteiger partial charge in [-0.3, -0.25) is 14.9 Å². The monoisotopic (exact) mass is 314 g/mol. The van der Waals surface area contributed by atoms with Crippen LogP contribution in [0.1, 0.15) is 25.8 Å². The SMILES string of the molecule is CC(C)CC(CNCc1ccc([N+](=O)[O-])c(Cl)c1)C(=O)O. The largest absolute Gasteiger partial charge is 0.481 e. The van der Waals surface area contributed by atoms with Crippen LogP contribution in [-0.2, 0) is 11.3 Å². The predicted octanol–water partition coefficient (Wildman–Crippen LogP) is 3.08. The molecule has 21 heavy (non-hydrogen) atoms. The van der Waals surface area contributed by atoms with Gasteiger partial charge < -0.3 is 10.4 Å². The van der Waals surface area contributed by atoms with Gasteiger partial charge in [0.2, 0.25) is 0 Å². The maximum absolute atomic E-state index is 11.1. The maximum atomic E-state index is 11.1. The number of benzene rings is 1. The van der Waals surface area contributed by atoms with Crippen molar-refractivity contribution < 1.29 is 14.8 Å². The number of rotatable bonds is 8. The van der Waals surface area contributed by atoms with Crippen LogP contribution in [0.5, 0.6) is 0 Å². The highest BCUT2D eigenvalue weighted by Crippen LogP contribution is 2.24. The van der Waals surface area contributed by atoms with E-state index in [-0.39, 0.29) is 10.7 Å². The molecule has 1 rings (SSSR count). The number of nitrogens with one attached hydrogen (secondary N) is 1. The molecule has 0 aliphatic rings. The van der Waals surface area contributed by atoms with Gasteiger partial charge in [0.05, 0.1) is 10.8 Å². The molecule has 0 amide bonds. The topological polar surface area (TPSA) is 92.5 Å². The molecule has 0 fully saturated rings. The number of aliphatic carboxylic acids is 1. The Labute approximate surface area is 128 Å². The van der Waals surface area contributed by atoms with Crippen LogP contribution >= 0.6 is 11.6 Å². The predicted molar refractivity (Wildman–Crippen MR) is 80.4 cm³/mol. The van der Waals surface area contributed by atoms with E-state index < -0.39 is 16.8 Å². The third-order valence-corrected chi connectivity index (χ3v) is 3.34. The Kier molecular flexibility index (Phi) is 6.58. The summed E-state index contributed by atoms with van der Waals surface area (Å²) in [5.41, 5.74) is 0.642. The Morgan fingerprint density at radius 2 is 2.14 bits per heavy atom. The summed E-state index contributed by atoms with van der Waals surface area (Å²) in [6.07, 6.45) is 0.601. The number of nitro benzene ring substituents is 1. The Morgan fingerprint density at radius 1 is 1.48 bits per heavy atom. The number of carboxylic acids is 1. The Balaban J connectivity index is 2.57. The molecule has 1 aromatic carbocycles. The fraction of sp³-hybridized carbons (Fsp3) is 0.500. The smallest absolute Gasteiger partial charge is 0.307 e. The van der Waals surface area contributed by atoms with E-state index in [9.17, 15) is 14.9 Å². The summed E-state index contributed by atoms with van der Waals surface area (Å²) >= 11 is 5.82. The van der Waals surface area contributed by atoms with Gasteiger partial charge in [0.15, 0.2) is 0 Å². The molecule has 6 nitrogen and oxygen atoms in total. The highest BCUT2D eigenvalue weighted by Gasteiger charge is 2.18. The van der Waals surface area contributed by atoms with Crippen LogP contribution < -0.4 is 5.32 Å². The number of nitro groups is 1. The van der Waals surface area contributed by atoms with Crippen LogP contribution in [0.3, 0.4) is 0 Å². The van der Waals surface area contributed by atoms with Gasteiger partial charge in [-0.05, 0) is 24.0 Å². The van der Waals surface area contributed by atoms with Crippen molar-refractivity contribution in [2.75, 3.05) is 6.54 Å². The lowest BCUT2D eigenvalue weighted by atomic mass is 9.97. The zero-order chi connectivity index (χ0) is 16.0. The van der Waals surface area contributed by atoms with Gasteiger partial charge in [0.1, 0.15) is 5.02 Å². The van der Waals surface area contributed by atoms with Crippen molar-refractivity contribution in [2.45, 2.75) is 26.8 Å². The van der Waals surface area contributed by atoms with E-state index in [4.69, 9.17) is 16.7 Å². The summed E-state index contributed by atoms with van der Waals surface area (Å²) in [4.78, 5) is 21.2. The van der Waals surface area contributed by atoms with Crippen molar-refractivity contribution >= 4 is 23.3 Å². The van der Waals surface area contributed by atoms with E-state index in [1.807, 2.05) is 13.8 Å². The van der Waals surface area contributed by atoms with Crippen LogP contribution in [0.25, 0.3) is 0 Å². The van der Waals surface area contributed by atoms with Gasteiger partial charge in [-0.1, -0.05) is 31.5 Å². The first-order chi connectivity index (χ1) is 9.81. The molecule has 0 saturated carbocycles. The van der Waals surface area contributed by atoms with E-state index >= 15 is 0 Å². The number of hydrogen-bond donors (Lipinski definition) is 2. The maximum Gasteiger partial charge on any atom is 0.307 e. The summed E-state index contributed by atoms with van der Waals surface area (Å²) in [7, 11) is 0. The molecule has 7 heteroatoms. The summed E-state index contributed by atoms with van der Waals surface area (Å²) in [6, 6.07) is 4.47. The van der Waals surface area contributed by atoms with E-state index in [1.54, 1.807) is 6.07 Å². The van der Waals surface area contributed by atoms with Gasteiger partial charge in [-0.15, -0.1) is 0 Å². The fourth-order valence-corrected chi connectivity index (χ4v) is 2.31. The molecule has 0 aromatic heterocycles. The highest BCUT2D eigenvalue weighted by atomic mass is 35.5. The zero-order valence-electron chi connectivity index (χ0n) is 12.0. The van der Waals surface area contributed by atoms with Gasteiger partial charge >= 0.3 is 5.97 Å². The molecule has 0 aliphatic heterocycles. The van der Waals surface area contributed by atoms with E-state index in [0.29, 0.717) is 25.4 Å². The Morgan fingerprint density at radius 3 is 2.62 bits per heavy atom. The first kappa shape index (κ1) is 17.4. The van der Waals surface area contributed by atoms with Crippen LogP contribution in [0.4, 0.5) is 5.69 Å². The van der Waals surface area contributed by atoms with Gasteiger partial charge in [0.25, 0.3) is 5.69 Å². The first-order valence-electron chi connectivity index (χ1n) is 6.67. The summed E-state index contributed by atoms with van der Waals surface area (Å²) in [5, 5.41) is 22.9. The summed E-state index contributed by atoms with van der Waals surface area (Å²) in [6.45, 7) is 4.72. The third kappa shape index (κ3) is 5.69. The lowest BCUT2D eigenvalue weighted by molar-refractivity contribution is -0.384. The van der Waals surface area contributed by atoms with Crippen LogP contribution in [-0.4, -0.2) is 22.5 Å². The quantitative estimate of drug-likeness (QED) is 0.568. The average molecular weight is 315 g/mol. The number of hydrogen-bond acceptors (Lipinski definition) is 4. The molecular formula is C14H19ClN2O4. The minimum Gasteiger partial charge on any atom is -0.481 e. The van der Waals surface area contributed by atoms with Crippen molar-refractivity contribution in [3.8, 4) is 0 Å². The Hall–Kier alpha value is -1.66. The molecule has 0 heterocycles. The molecule has 1 unspecified atom stereocenters. The molecule has 0 aliphatic carbocycles. The second kappa shape index (κ2) is 7.95. The van der Waals surface area contributed by atoms with E-state index in [0.717, 1.165) is 5.56 Å². The minimum absolute atomic E-state index is 0.0799. The van der Waals surface area contributed by atoms with E-state index in [1.165, 1.54) is 12.1 Å². The van der Waals surface area contributed by atoms with Crippen LogP contribution in [0.2, 0.25) is 5.02 Å². The fourth-order valence-electron chi connectivity index (χ4n) is 2.04. The van der Waals surface area contributed by atoms with Gasteiger partial charge in [-0.2, -0.15) is 0 Å². The van der Waals surface area contributed by atoms with Crippen molar-refractivity contribution in [1.82, 2.24) is 5.32 Å². The van der Waals surface area contributed by atoms with Crippen molar-refractivity contribution in [3.05, 3.63) is 38.9 Å². The zero-order valence-corrected chi connectivity index (χ0v) is 12.8. The first-order valence-corrected chi connectivity index (χ1v) is 7.05. The Bertz CT molecular complexity index is 520. The van der Waals surface area contributed by atoms with Gasteiger partial charge in [0, 0.05) is 19.2 Å². The molecule has 1 atom stereocenters. The second-order valence-electron chi connectivity index (χ2n) is 5.34. The molecule has 0 bridgehead atoms. The number of halogens is 1. The number of nitrogens with zero attached hydrogens (tertiary/aromatic N) is 1. The normalized spacial score (nSPS) is 12.4. The van der Waals surface area contributed by atoms with E-state index in [2.05, 4.69) is 5.32 Å². The van der Waals surface area contributed by atoms with Crippen LogP contribution in [0, 0.1) is 22.0 Å². The highest BCUT2D eigenvalue weighted by molar-refractivity contribution is 6.32. The molecule has 0 radical (unpaired) electrons. The molecule has 1 aromatic rings. The van der Waals surface area contributed by atoms with Crippen molar-refractivity contribution in [3.63, 3.8) is 0 Å². The summed E-state index contributed by atoms with van der Waals surface area (Å²) < 4.78 is 0. The lowest BCUT2D eigenvalue weighted by Crippen LogP contribution is -2.29. The second-order valence-corrected chi connectivity index (χ2v) is 5.75.